The fraction of sp³-hybridized carbons (Fsp3) is 0.0952. The molecule has 1 aliphatic rings. The first-order chi connectivity index (χ1) is 11.4. The van der Waals surface area contributed by atoms with Crippen LogP contribution in [0.5, 0.6) is 0 Å². The van der Waals surface area contributed by atoms with Gasteiger partial charge in [-0.25, -0.2) is 0 Å². The summed E-state index contributed by atoms with van der Waals surface area (Å²) in [6.07, 6.45) is 0.664. The van der Waals surface area contributed by atoms with Crippen molar-refractivity contribution in [2.45, 2.75) is 11.8 Å². The summed E-state index contributed by atoms with van der Waals surface area (Å²) in [7, 11) is 0. The molecule has 0 amide bonds. The quantitative estimate of drug-likeness (QED) is 0.544. The van der Waals surface area contributed by atoms with Gasteiger partial charge in [-0.05, 0) is 16.7 Å². The van der Waals surface area contributed by atoms with Crippen LogP contribution in [0.2, 0.25) is 0 Å². The highest BCUT2D eigenvalue weighted by molar-refractivity contribution is 6.07. The van der Waals surface area contributed by atoms with Gasteiger partial charge in [0.1, 0.15) is 0 Å². The topological polar surface area (TPSA) is 32.6 Å². The third-order valence-corrected chi connectivity index (χ3v) is 4.78. The molecule has 112 valence electrons. The Morgan fingerprint density at radius 3 is 1.78 bits per heavy atom. The average molecular weight is 299 g/mol. The highest BCUT2D eigenvalue weighted by Crippen LogP contribution is 2.48. The number of hydrogen-bond donors (Lipinski definition) is 1. The molecule has 0 aromatic heterocycles. The molecule has 4 rings (SSSR count). The van der Waals surface area contributed by atoms with Gasteiger partial charge >= 0.3 is 0 Å². The first-order valence-electron chi connectivity index (χ1n) is 7.78. The maximum Gasteiger partial charge on any atom is 0.0886 e. The zero-order valence-corrected chi connectivity index (χ0v) is 12.7. The third kappa shape index (κ3) is 1.99. The van der Waals surface area contributed by atoms with E-state index in [9.17, 15) is 5.21 Å². The minimum atomic E-state index is -0.305. The van der Waals surface area contributed by atoms with Gasteiger partial charge in [0.2, 0.25) is 0 Å². The molecular formula is C21H17NO. The molecule has 1 aliphatic carbocycles. The van der Waals surface area contributed by atoms with Crippen LogP contribution in [0, 0.1) is 0 Å². The van der Waals surface area contributed by atoms with Gasteiger partial charge in [0, 0.05) is 12.0 Å². The van der Waals surface area contributed by atoms with Crippen molar-refractivity contribution in [3.05, 3.63) is 107 Å². The third-order valence-electron chi connectivity index (χ3n) is 4.78. The number of nitrogens with zero attached hydrogens (tertiary/aromatic N) is 1. The van der Waals surface area contributed by atoms with Crippen LogP contribution in [0.25, 0.3) is 0 Å². The van der Waals surface area contributed by atoms with Crippen molar-refractivity contribution >= 4 is 5.71 Å². The van der Waals surface area contributed by atoms with Crippen LogP contribution in [-0.4, -0.2) is 10.9 Å². The molecule has 0 saturated carbocycles. The van der Waals surface area contributed by atoms with Crippen molar-refractivity contribution in [3.63, 3.8) is 0 Å². The van der Waals surface area contributed by atoms with E-state index in [-0.39, 0.29) is 5.41 Å². The second-order valence-corrected chi connectivity index (χ2v) is 5.91. The zero-order valence-electron chi connectivity index (χ0n) is 12.7. The summed E-state index contributed by atoms with van der Waals surface area (Å²) < 4.78 is 0. The number of rotatable bonds is 2. The van der Waals surface area contributed by atoms with Gasteiger partial charge in [-0.3, -0.25) is 0 Å². The number of fused-ring (bicyclic) bond motifs is 1. The normalized spacial score (nSPS) is 17.1. The minimum absolute atomic E-state index is 0.305. The predicted molar refractivity (Wildman–Crippen MR) is 92.1 cm³/mol. The molecule has 3 aromatic carbocycles. The molecule has 0 radical (unpaired) electrons. The molecule has 0 heterocycles. The van der Waals surface area contributed by atoms with Crippen molar-refractivity contribution < 1.29 is 5.21 Å². The largest absolute Gasteiger partial charge is 0.411 e. The van der Waals surface area contributed by atoms with Crippen LogP contribution in [-0.2, 0) is 5.41 Å². The van der Waals surface area contributed by atoms with E-state index in [1.54, 1.807) is 0 Å². The molecule has 0 bridgehead atoms. The van der Waals surface area contributed by atoms with Gasteiger partial charge in [0.25, 0.3) is 0 Å². The van der Waals surface area contributed by atoms with Crippen LogP contribution in [0.3, 0.4) is 0 Å². The van der Waals surface area contributed by atoms with E-state index in [0.29, 0.717) is 6.42 Å². The molecule has 23 heavy (non-hydrogen) atoms. The molecule has 3 aromatic rings. The van der Waals surface area contributed by atoms with E-state index in [0.717, 1.165) is 11.3 Å². The van der Waals surface area contributed by atoms with E-state index in [1.165, 1.54) is 16.7 Å². The van der Waals surface area contributed by atoms with E-state index < -0.39 is 0 Å². The highest BCUT2D eigenvalue weighted by atomic mass is 16.4. The molecule has 0 aliphatic heterocycles. The van der Waals surface area contributed by atoms with E-state index >= 15 is 0 Å². The summed E-state index contributed by atoms with van der Waals surface area (Å²) in [4.78, 5) is 0. The van der Waals surface area contributed by atoms with Gasteiger partial charge < -0.3 is 5.21 Å². The maximum atomic E-state index is 9.53. The molecule has 0 atom stereocenters. The Kier molecular flexibility index (Phi) is 3.23. The number of oxime groups is 1. The molecule has 0 fully saturated rings. The summed E-state index contributed by atoms with van der Waals surface area (Å²) in [5.41, 5.74) is 5.11. The minimum Gasteiger partial charge on any atom is -0.411 e. The van der Waals surface area contributed by atoms with E-state index in [2.05, 4.69) is 65.8 Å². The van der Waals surface area contributed by atoms with Crippen LogP contribution in [0.1, 0.15) is 28.7 Å². The molecule has 2 nitrogen and oxygen atoms in total. The smallest absolute Gasteiger partial charge is 0.0886 e. The summed E-state index contributed by atoms with van der Waals surface area (Å²) >= 11 is 0. The molecule has 2 heteroatoms. The van der Waals surface area contributed by atoms with Gasteiger partial charge in [0.05, 0.1) is 11.1 Å². The number of benzene rings is 3. The Labute approximate surface area is 135 Å². The monoisotopic (exact) mass is 299 g/mol. The summed E-state index contributed by atoms with van der Waals surface area (Å²) in [5, 5.41) is 13.1. The lowest BCUT2D eigenvalue weighted by atomic mass is 9.70. The fourth-order valence-corrected chi connectivity index (χ4v) is 3.76. The van der Waals surface area contributed by atoms with Gasteiger partial charge in [-0.1, -0.05) is 90.1 Å². The van der Waals surface area contributed by atoms with Gasteiger partial charge in [-0.2, -0.15) is 0 Å². The lowest BCUT2D eigenvalue weighted by Crippen LogP contribution is -2.26. The van der Waals surface area contributed by atoms with Crippen molar-refractivity contribution in [2.24, 2.45) is 5.16 Å². The molecule has 1 N–H and O–H groups in total. The van der Waals surface area contributed by atoms with Crippen LogP contribution in [0.15, 0.2) is 90.1 Å². The first-order valence-corrected chi connectivity index (χ1v) is 7.78. The van der Waals surface area contributed by atoms with Crippen molar-refractivity contribution in [1.29, 1.82) is 0 Å². The Hall–Kier alpha value is -2.87. The van der Waals surface area contributed by atoms with E-state index in [1.807, 2.05) is 24.3 Å². The van der Waals surface area contributed by atoms with Crippen LogP contribution >= 0.6 is 0 Å². The van der Waals surface area contributed by atoms with E-state index in [4.69, 9.17) is 0 Å². The summed E-state index contributed by atoms with van der Waals surface area (Å²) in [6.45, 7) is 0. The lowest BCUT2D eigenvalue weighted by Gasteiger charge is -2.31. The molecular weight excluding hydrogens is 282 g/mol. The Balaban J connectivity index is 2.07. The van der Waals surface area contributed by atoms with Crippen LogP contribution < -0.4 is 0 Å². The number of hydrogen-bond acceptors (Lipinski definition) is 2. The Morgan fingerprint density at radius 2 is 1.22 bits per heavy atom. The summed E-state index contributed by atoms with van der Waals surface area (Å²) in [6, 6.07) is 29.2. The Bertz CT molecular complexity index is 814. The zero-order chi connectivity index (χ0) is 15.7. The van der Waals surface area contributed by atoms with Crippen molar-refractivity contribution in [1.82, 2.24) is 0 Å². The fourth-order valence-electron chi connectivity index (χ4n) is 3.76. The first kappa shape index (κ1) is 13.8. The SMILES string of the molecule is ON=C1CC(c2ccccc2)(c2ccccc2)c2ccccc21. The second-order valence-electron chi connectivity index (χ2n) is 5.91. The highest BCUT2D eigenvalue weighted by Gasteiger charge is 2.44. The van der Waals surface area contributed by atoms with Crippen molar-refractivity contribution in [2.75, 3.05) is 0 Å². The molecule has 0 saturated heterocycles. The second kappa shape index (κ2) is 5.40. The van der Waals surface area contributed by atoms with Crippen molar-refractivity contribution in [3.8, 4) is 0 Å². The van der Waals surface area contributed by atoms with Crippen LogP contribution in [0.4, 0.5) is 0 Å². The predicted octanol–water partition coefficient (Wildman–Crippen LogP) is 4.60. The molecule has 0 spiro atoms. The maximum absolute atomic E-state index is 9.53. The average Bonchev–Trinajstić information content (AvgIpc) is 2.99. The molecule has 0 unspecified atom stereocenters. The standard InChI is InChI=1S/C21H17NO/c23-22-20-15-21(16-9-3-1-4-10-16,17-11-5-2-6-12-17)19-14-8-7-13-18(19)20/h1-14,23H,15H2. The van der Waals surface area contributed by atoms with Gasteiger partial charge in [-0.15, -0.1) is 0 Å². The lowest BCUT2D eigenvalue weighted by molar-refractivity contribution is 0.318. The van der Waals surface area contributed by atoms with Gasteiger partial charge in [0.15, 0.2) is 0 Å². The Morgan fingerprint density at radius 1 is 0.696 bits per heavy atom. The summed E-state index contributed by atoms with van der Waals surface area (Å²) in [5.74, 6) is 0.